The van der Waals surface area contributed by atoms with Crippen molar-refractivity contribution in [2.45, 2.75) is 31.3 Å². The van der Waals surface area contributed by atoms with Crippen LogP contribution in [0.1, 0.15) is 18.4 Å². The molecule has 6 heteroatoms. The first-order valence-corrected chi connectivity index (χ1v) is 6.48. The van der Waals surface area contributed by atoms with E-state index in [0.717, 1.165) is 5.56 Å². The van der Waals surface area contributed by atoms with Crippen LogP contribution in [0.25, 0.3) is 0 Å². The van der Waals surface area contributed by atoms with Gasteiger partial charge >= 0.3 is 5.97 Å². The number of aliphatic carboxylic acids is 1. The number of hydrogen-bond donors (Lipinski definition) is 4. The van der Waals surface area contributed by atoms with Crippen LogP contribution >= 0.6 is 0 Å². The summed E-state index contributed by atoms with van der Waals surface area (Å²) in [6.07, 6.45) is 1.04. The SMILES string of the molecule is N[C@@H](CCc1ccccc1)C(=O)NC(CCO)C(=O)O. The first-order chi connectivity index (χ1) is 9.54. The Kier molecular flexibility index (Phi) is 6.69. The van der Waals surface area contributed by atoms with Crippen molar-refractivity contribution >= 4 is 11.9 Å². The van der Waals surface area contributed by atoms with E-state index in [2.05, 4.69) is 5.32 Å². The Bertz CT molecular complexity index is 436. The largest absolute Gasteiger partial charge is 0.480 e. The van der Waals surface area contributed by atoms with Crippen molar-refractivity contribution < 1.29 is 19.8 Å². The van der Waals surface area contributed by atoms with Crippen molar-refractivity contribution in [3.8, 4) is 0 Å². The zero-order valence-electron chi connectivity index (χ0n) is 11.2. The maximum atomic E-state index is 11.8. The molecule has 0 bridgehead atoms. The van der Waals surface area contributed by atoms with E-state index in [9.17, 15) is 9.59 Å². The molecule has 6 nitrogen and oxygen atoms in total. The lowest BCUT2D eigenvalue weighted by Crippen LogP contribution is -2.48. The number of hydrogen-bond acceptors (Lipinski definition) is 4. The van der Waals surface area contributed by atoms with Gasteiger partial charge in [0.05, 0.1) is 6.04 Å². The molecule has 0 heterocycles. The lowest BCUT2D eigenvalue weighted by Gasteiger charge is -2.17. The minimum atomic E-state index is -1.18. The van der Waals surface area contributed by atoms with Crippen LogP contribution in [-0.2, 0) is 16.0 Å². The lowest BCUT2D eigenvalue weighted by atomic mass is 10.0. The molecule has 0 aromatic heterocycles. The maximum Gasteiger partial charge on any atom is 0.326 e. The summed E-state index contributed by atoms with van der Waals surface area (Å²) in [5.74, 6) is -1.69. The number of carboxylic acids is 1. The van der Waals surface area contributed by atoms with Crippen molar-refractivity contribution in [3.05, 3.63) is 35.9 Å². The van der Waals surface area contributed by atoms with E-state index in [-0.39, 0.29) is 13.0 Å². The van der Waals surface area contributed by atoms with Crippen LogP contribution in [0.15, 0.2) is 30.3 Å². The molecule has 0 spiro atoms. The predicted octanol–water partition coefficient (Wildman–Crippen LogP) is -0.102. The van der Waals surface area contributed by atoms with Crippen molar-refractivity contribution in [2.75, 3.05) is 6.61 Å². The Morgan fingerprint density at radius 3 is 2.40 bits per heavy atom. The highest BCUT2D eigenvalue weighted by atomic mass is 16.4. The third-order valence-electron chi connectivity index (χ3n) is 2.96. The first-order valence-electron chi connectivity index (χ1n) is 6.48. The summed E-state index contributed by atoms with van der Waals surface area (Å²) in [5, 5.41) is 19.9. The van der Waals surface area contributed by atoms with Gasteiger partial charge in [0.25, 0.3) is 0 Å². The van der Waals surface area contributed by atoms with Crippen LogP contribution in [0.4, 0.5) is 0 Å². The molecule has 2 atom stereocenters. The molecule has 110 valence electrons. The molecule has 0 fully saturated rings. The monoisotopic (exact) mass is 280 g/mol. The summed E-state index contributed by atoms with van der Waals surface area (Å²) in [5.41, 5.74) is 6.81. The van der Waals surface area contributed by atoms with E-state index in [1.54, 1.807) is 0 Å². The van der Waals surface area contributed by atoms with Gasteiger partial charge in [0.15, 0.2) is 0 Å². The molecule has 0 aliphatic rings. The first kappa shape index (κ1) is 16.1. The molecule has 1 aromatic carbocycles. The van der Waals surface area contributed by atoms with Gasteiger partial charge < -0.3 is 21.3 Å². The molecular weight excluding hydrogens is 260 g/mol. The molecule has 0 radical (unpaired) electrons. The van der Waals surface area contributed by atoms with Crippen molar-refractivity contribution in [3.63, 3.8) is 0 Å². The minimum absolute atomic E-state index is 0.0352. The van der Waals surface area contributed by atoms with Gasteiger partial charge in [0.2, 0.25) is 5.91 Å². The average molecular weight is 280 g/mol. The number of carbonyl (C=O) groups is 2. The second-order valence-corrected chi connectivity index (χ2v) is 4.54. The van der Waals surface area contributed by atoms with Gasteiger partial charge in [0.1, 0.15) is 6.04 Å². The summed E-state index contributed by atoms with van der Waals surface area (Å²) in [6, 6.07) is 7.73. The van der Waals surface area contributed by atoms with E-state index in [4.69, 9.17) is 15.9 Å². The third kappa shape index (κ3) is 5.38. The van der Waals surface area contributed by atoms with Gasteiger partial charge in [-0.1, -0.05) is 30.3 Å². The normalized spacial score (nSPS) is 13.5. The summed E-state index contributed by atoms with van der Waals surface area (Å²) in [6.45, 7) is -0.309. The van der Waals surface area contributed by atoms with Gasteiger partial charge in [-0.05, 0) is 18.4 Å². The number of aliphatic hydroxyl groups excluding tert-OH is 1. The topological polar surface area (TPSA) is 113 Å². The third-order valence-corrected chi connectivity index (χ3v) is 2.96. The van der Waals surface area contributed by atoms with E-state index in [0.29, 0.717) is 12.8 Å². The molecule has 1 amide bonds. The van der Waals surface area contributed by atoms with Gasteiger partial charge in [-0.15, -0.1) is 0 Å². The van der Waals surface area contributed by atoms with E-state index >= 15 is 0 Å². The average Bonchev–Trinajstić information content (AvgIpc) is 2.45. The highest BCUT2D eigenvalue weighted by Gasteiger charge is 2.22. The van der Waals surface area contributed by atoms with Crippen LogP contribution in [0.5, 0.6) is 0 Å². The smallest absolute Gasteiger partial charge is 0.326 e. The number of nitrogens with two attached hydrogens (primary N) is 1. The van der Waals surface area contributed by atoms with E-state index < -0.39 is 24.0 Å². The highest BCUT2D eigenvalue weighted by molar-refractivity contribution is 5.86. The Balaban J connectivity index is 2.44. The number of aryl methyl sites for hydroxylation is 1. The van der Waals surface area contributed by atoms with Gasteiger partial charge in [-0.2, -0.15) is 0 Å². The van der Waals surface area contributed by atoms with Gasteiger partial charge in [0, 0.05) is 13.0 Å². The molecule has 1 rings (SSSR count). The molecule has 5 N–H and O–H groups in total. The van der Waals surface area contributed by atoms with Gasteiger partial charge in [-0.3, -0.25) is 4.79 Å². The predicted molar refractivity (Wildman–Crippen MR) is 74.0 cm³/mol. The van der Waals surface area contributed by atoms with E-state index in [1.165, 1.54) is 0 Å². The Labute approximate surface area is 117 Å². The summed E-state index contributed by atoms with van der Waals surface area (Å²) in [7, 11) is 0. The number of carboxylic acid groups (broad SMARTS) is 1. The molecule has 1 unspecified atom stereocenters. The fourth-order valence-electron chi connectivity index (χ4n) is 1.76. The van der Waals surface area contributed by atoms with Crippen LogP contribution in [0.2, 0.25) is 0 Å². The zero-order chi connectivity index (χ0) is 15.0. The molecule has 0 aliphatic heterocycles. The second kappa shape index (κ2) is 8.29. The Morgan fingerprint density at radius 1 is 1.20 bits per heavy atom. The maximum absolute atomic E-state index is 11.8. The zero-order valence-corrected chi connectivity index (χ0v) is 11.2. The molecular formula is C14H20N2O4. The Morgan fingerprint density at radius 2 is 1.85 bits per heavy atom. The molecule has 20 heavy (non-hydrogen) atoms. The van der Waals surface area contributed by atoms with Crippen LogP contribution in [0, 0.1) is 0 Å². The van der Waals surface area contributed by atoms with Crippen molar-refractivity contribution in [1.82, 2.24) is 5.32 Å². The van der Waals surface area contributed by atoms with Crippen LogP contribution in [-0.4, -0.2) is 40.8 Å². The number of aliphatic hydroxyl groups is 1. The van der Waals surface area contributed by atoms with Crippen molar-refractivity contribution in [2.24, 2.45) is 5.73 Å². The molecule has 0 saturated heterocycles. The number of amides is 1. The van der Waals surface area contributed by atoms with Gasteiger partial charge in [-0.25, -0.2) is 4.79 Å². The number of rotatable bonds is 8. The fraction of sp³-hybridized carbons (Fsp3) is 0.429. The summed E-state index contributed by atoms with van der Waals surface area (Å²) >= 11 is 0. The Hall–Kier alpha value is -1.92. The number of carbonyl (C=O) groups excluding carboxylic acids is 1. The minimum Gasteiger partial charge on any atom is -0.480 e. The van der Waals surface area contributed by atoms with E-state index in [1.807, 2.05) is 30.3 Å². The molecule has 1 aromatic rings. The molecule has 0 aliphatic carbocycles. The molecule has 0 saturated carbocycles. The fourth-order valence-corrected chi connectivity index (χ4v) is 1.76. The highest BCUT2D eigenvalue weighted by Crippen LogP contribution is 2.04. The summed E-state index contributed by atoms with van der Waals surface area (Å²) in [4.78, 5) is 22.6. The van der Waals surface area contributed by atoms with Crippen molar-refractivity contribution in [1.29, 1.82) is 0 Å². The standard InChI is InChI=1S/C14H20N2O4/c15-11(7-6-10-4-2-1-3-5-10)13(18)16-12(8-9-17)14(19)20/h1-5,11-12,17H,6-9,15H2,(H,16,18)(H,19,20)/t11-,12?/m0/s1. The van der Waals surface area contributed by atoms with Crippen LogP contribution in [0.3, 0.4) is 0 Å². The number of nitrogens with one attached hydrogen (secondary N) is 1. The number of benzene rings is 1. The second-order valence-electron chi connectivity index (χ2n) is 4.54. The quantitative estimate of drug-likeness (QED) is 0.531. The summed E-state index contributed by atoms with van der Waals surface area (Å²) < 4.78 is 0. The lowest BCUT2D eigenvalue weighted by molar-refractivity contribution is -0.142. The van der Waals surface area contributed by atoms with Crippen LogP contribution < -0.4 is 11.1 Å².